The highest BCUT2D eigenvalue weighted by Gasteiger charge is 2.35. The lowest BCUT2D eigenvalue weighted by Gasteiger charge is -2.32. The number of H-pyrrole nitrogens is 1. The smallest absolute Gasteiger partial charge is 0.251 e. The lowest BCUT2D eigenvalue weighted by atomic mass is 10.1. The first-order valence-electron chi connectivity index (χ1n) is 12.1. The number of methoxy groups -OCH3 is 1. The molecule has 0 amide bonds. The molecule has 9 nitrogen and oxygen atoms in total. The summed E-state index contributed by atoms with van der Waals surface area (Å²) in [7, 11) is 1.60. The first kappa shape index (κ1) is 23.5. The van der Waals surface area contributed by atoms with Gasteiger partial charge in [-0.15, -0.1) is 0 Å². The van der Waals surface area contributed by atoms with Crippen molar-refractivity contribution < 1.29 is 18.3 Å². The third kappa shape index (κ3) is 5.55. The van der Waals surface area contributed by atoms with Gasteiger partial charge in [0.1, 0.15) is 11.6 Å². The van der Waals surface area contributed by atoms with Gasteiger partial charge in [-0.2, -0.15) is 10.1 Å². The largest absolute Gasteiger partial charge is 0.493 e. The molecule has 2 aliphatic heterocycles. The Kier molecular flexibility index (Phi) is 6.85. The van der Waals surface area contributed by atoms with Gasteiger partial charge >= 0.3 is 0 Å². The third-order valence-corrected chi connectivity index (χ3v) is 6.58. The number of benzene rings is 1. The molecule has 0 bridgehead atoms. The quantitative estimate of drug-likeness (QED) is 0.434. The summed E-state index contributed by atoms with van der Waals surface area (Å²) < 4.78 is 39.2. The first-order valence-corrected chi connectivity index (χ1v) is 12.1. The second-order valence-corrected chi connectivity index (χ2v) is 9.08. The second kappa shape index (κ2) is 10.2. The number of hydrogen-bond donors (Lipinski definition) is 2. The SMILES string of the molecule is COc1cc2c(Nc3ccn[nH]3)nc(N3CCC(F)(F)CC3)nc2cc1OCCCN1CCCC1. The molecule has 2 aliphatic rings. The summed E-state index contributed by atoms with van der Waals surface area (Å²) in [4.78, 5) is 13.7. The number of nitrogens with one attached hydrogen (secondary N) is 2. The Bertz CT molecular complexity index is 1130. The number of hydrogen-bond acceptors (Lipinski definition) is 8. The minimum Gasteiger partial charge on any atom is -0.493 e. The Morgan fingerprint density at radius 3 is 2.60 bits per heavy atom. The number of ether oxygens (including phenoxy) is 2. The van der Waals surface area contributed by atoms with Crippen LogP contribution in [0.1, 0.15) is 32.1 Å². The molecule has 4 heterocycles. The molecule has 0 atom stereocenters. The predicted molar refractivity (Wildman–Crippen MR) is 130 cm³/mol. The number of nitrogens with zero attached hydrogens (tertiary/aromatic N) is 5. The number of aromatic nitrogens is 4. The Labute approximate surface area is 202 Å². The molecule has 0 unspecified atom stereocenters. The van der Waals surface area contributed by atoms with Crippen molar-refractivity contribution in [2.75, 3.05) is 56.7 Å². The molecule has 5 rings (SSSR count). The fourth-order valence-corrected chi connectivity index (χ4v) is 4.60. The summed E-state index contributed by atoms with van der Waals surface area (Å²) in [6.07, 6.45) is 4.66. The van der Waals surface area contributed by atoms with Gasteiger partial charge in [0.15, 0.2) is 11.5 Å². The van der Waals surface area contributed by atoms with Crippen LogP contribution in [0.25, 0.3) is 10.9 Å². The van der Waals surface area contributed by atoms with Crippen molar-refractivity contribution in [1.82, 2.24) is 25.1 Å². The van der Waals surface area contributed by atoms with E-state index in [2.05, 4.69) is 25.4 Å². The zero-order valence-electron chi connectivity index (χ0n) is 19.9. The van der Waals surface area contributed by atoms with Crippen LogP contribution in [0.5, 0.6) is 11.5 Å². The summed E-state index contributed by atoms with van der Waals surface area (Å²) in [5, 5.41) is 10.8. The van der Waals surface area contributed by atoms with Gasteiger partial charge in [-0.1, -0.05) is 0 Å². The van der Waals surface area contributed by atoms with E-state index in [-0.39, 0.29) is 25.9 Å². The minimum absolute atomic E-state index is 0.192. The van der Waals surface area contributed by atoms with Gasteiger partial charge in [0, 0.05) is 50.0 Å². The monoisotopic (exact) mass is 487 g/mol. The lowest BCUT2D eigenvalue weighted by Crippen LogP contribution is -2.40. The van der Waals surface area contributed by atoms with E-state index in [1.807, 2.05) is 12.1 Å². The fourth-order valence-electron chi connectivity index (χ4n) is 4.60. The fraction of sp³-hybridized carbons (Fsp3) is 0.542. The van der Waals surface area contributed by atoms with E-state index in [1.54, 1.807) is 24.3 Å². The van der Waals surface area contributed by atoms with Crippen LogP contribution < -0.4 is 19.7 Å². The second-order valence-electron chi connectivity index (χ2n) is 9.08. The molecule has 2 aromatic heterocycles. The van der Waals surface area contributed by atoms with E-state index in [0.717, 1.165) is 31.4 Å². The van der Waals surface area contributed by atoms with E-state index in [0.29, 0.717) is 41.2 Å². The standard InChI is InChI=1S/C24H31F2N7O2/c1-34-19-15-17-18(16-20(19)35-14-4-11-32-9-2-3-10-32)28-23(33-12-6-24(25,26)7-13-33)30-22(17)29-21-5-8-27-31-21/h5,8,15-16H,2-4,6-7,9-14H2,1H3,(H2,27,28,29,30,31). The number of likely N-dealkylation sites (tertiary alicyclic amines) is 1. The summed E-state index contributed by atoms with van der Waals surface area (Å²) >= 11 is 0. The van der Waals surface area contributed by atoms with Crippen molar-refractivity contribution in [3.63, 3.8) is 0 Å². The van der Waals surface area contributed by atoms with Crippen molar-refractivity contribution in [1.29, 1.82) is 0 Å². The molecule has 2 N–H and O–H groups in total. The number of aromatic amines is 1. The van der Waals surface area contributed by atoms with E-state index < -0.39 is 5.92 Å². The molecule has 0 radical (unpaired) electrons. The van der Waals surface area contributed by atoms with Gasteiger partial charge in [0.05, 0.1) is 25.4 Å². The Morgan fingerprint density at radius 1 is 1.09 bits per heavy atom. The summed E-state index contributed by atoms with van der Waals surface area (Å²) in [5.41, 5.74) is 0.643. The van der Waals surface area contributed by atoms with E-state index in [4.69, 9.17) is 14.5 Å². The molecule has 3 aromatic rings. The van der Waals surface area contributed by atoms with Crippen LogP contribution in [0.2, 0.25) is 0 Å². The Hall–Kier alpha value is -3.21. The molecule has 0 spiro atoms. The maximum Gasteiger partial charge on any atom is 0.251 e. The molecular weight excluding hydrogens is 456 g/mol. The van der Waals surface area contributed by atoms with Gasteiger partial charge in [-0.05, 0) is 38.4 Å². The van der Waals surface area contributed by atoms with Crippen molar-refractivity contribution in [2.24, 2.45) is 0 Å². The molecule has 11 heteroatoms. The predicted octanol–water partition coefficient (Wildman–Crippen LogP) is 4.21. The van der Waals surface area contributed by atoms with E-state index >= 15 is 0 Å². The molecule has 0 aliphatic carbocycles. The van der Waals surface area contributed by atoms with Gasteiger partial charge in [-0.3, -0.25) is 5.10 Å². The van der Waals surface area contributed by atoms with E-state index in [9.17, 15) is 8.78 Å². The number of anilines is 3. The number of fused-ring (bicyclic) bond motifs is 1. The van der Waals surface area contributed by atoms with Crippen LogP contribution in [0, 0.1) is 0 Å². The van der Waals surface area contributed by atoms with Gasteiger partial charge in [0.2, 0.25) is 5.95 Å². The summed E-state index contributed by atoms with van der Waals surface area (Å²) in [6, 6.07) is 5.47. The summed E-state index contributed by atoms with van der Waals surface area (Å²) in [6.45, 7) is 4.29. The molecule has 2 fully saturated rings. The highest BCUT2D eigenvalue weighted by molar-refractivity contribution is 5.94. The van der Waals surface area contributed by atoms with Gasteiger partial charge in [-0.25, -0.2) is 13.8 Å². The number of rotatable bonds is 9. The number of alkyl halides is 2. The zero-order valence-corrected chi connectivity index (χ0v) is 19.9. The Morgan fingerprint density at radius 2 is 1.89 bits per heavy atom. The van der Waals surface area contributed by atoms with Crippen LogP contribution in [0.4, 0.5) is 26.4 Å². The van der Waals surface area contributed by atoms with Crippen LogP contribution >= 0.6 is 0 Å². The minimum atomic E-state index is -2.65. The van der Waals surface area contributed by atoms with Crippen molar-refractivity contribution >= 4 is 28.5 Å². The highest BCUT2D eigenvalue weighted by atomic mass is 19.3. The lowest BCUT2D eigenvalue weighted by molar-refractivity contribution is -0.0222. The van der Waals surface area contributed by atoms with Gasteiger partial charge in [0.25, 0.3) is 5.92 Å². The van der Waals surface area contributed by atoms with Crippen LogP contribution in [0.3, 0.4) is 0 Å². The zero-order chi connectivity index (χ0) is 24.3. The molecule has 0 saturated carbocycles. The average Bonchev–Trinajstić information content (AvgIpc) is 3.56. The van der Waals surface area contributed by atoms with Crippen molar-refractivity contribution in [2.45, 2.75) is 38.0 Å². The molecule has 2 saturated heterocycles. The van der Waals surface area contributed by atoms with Crippen LogP contribution in [0.15, 0.2) is 24.4 Å². The normalized spacial score (nSPS) is 18.2. The highest BCUT2D eigenvalue weighted by Crippen LogP contribution is 2.37. The molecule has 35 heavy (non-hydrogen) atoms. The van der Waals surface area contributed by atoms with Crippen LogP contribution in [-0.2, 0) is 0 Å². The van der Waals surface area contributed by atoms with Crippen molar-refractivity contribution in [3.8, 4) is 11.5 Å². The third-order valence-electron chi connectivity index (χ3n) is 6.58. The molecule has 1 aromatic carbocycles. The maximum absolute atomic E-state index is 13.7. The Balaban J connectivity index is 1.42. The van der Waals surface area contributed by atoms with Crippen molar-refractivity contribution in [3.05, 3.63) is 24.4 Å². The molecule has 188 valence electrons. The maximum atomic E-state index is 13.7. The molecular formula is C24H31F2N7O2. The van der Waals surface area contributed by atoms with Gasteiger partial charge < -0.3 is 24.6 Å². The number of halogens is 2. The summed E-state index contributed by atoms with van der Waals surface area (Å²) in [5.74, 6) is 0.130. The number of piperidine rings is 1. The first-order chi connectivity index (χ1) is 17.0. The van der Waals surface area contributed by atoms with E-state index in [1.165, 1.54) is 12.8 Å². The van der Waals surface area contributed by atoms with Crippen LogP contribution in [-0.4, -0.2) is 77.4 Å². The topological polar surface area (TPSA) is 91.4 Å². The average molecular weight is 488 g/mol.